The molecule has 1 aromatic heterocycles. The molecule has 4 rings (SSSR count). The fourth-order valence-electron chi connectivity index (χ4n) is 3.60. The molecule has 0 atom stereocenters. The first-order valence-electron chi connectivity index (χ1n) is 11.0. The Morgan fingerprint density at radius 1 is 1.06 bits per heavy atom. The molecule has 4 aromatic rings. The number of anilines is 2. The Bertz CT molecular complexity index is 1450. The van der Waals surface area contributed by atoms with Crippen LogP contribution in [0.1, 0.15) is 15.9 Å². The third-order valence-corrected chi connectivity index (χ3v) is 5.68. The average molecular weight is 508 g/mol. The van der Waals surface area contributed by atoms with Crippen molar-refractivity contribution in [3.05, 3.63) is 82.6 Å². The van der Waals surface area contributed by atoms with Gasteiger partial charge in [0.2, 0.25) is 5.91 Å². The van der Waals surface area contributed by atoms with Gasteiger partial charge in [-0.1, -0.05) is 29.8 Å². The molecule has 2 amide bonds. The molecule has 10 heteroatoms. The highest BCUT2D eigenvalue weighted by molar-refractivity contribution is 6.34. The van der Waals surface area contributed by atoms with Crippen LogP contribution in [0.5, 0.6) is 0 Å². The SMILES string of the molecule is CNc1nc(-c2ccccc2F)nc2cc(NC(=O)c3cc(CNC(=O)COC)ccc3Cl)ccc12. The van der Waals surface area contributed by atoms with Crippen molar-refractivity contribution in [2.24, 2.45) is 0 Å². The Hall–Kier alpha value is -4.08. The topological polar surface area (TPSA) is 105 Å². The summed E-state index contributed by atoms with van der Waals surface area (Å²) in [7, 11) is 3.15. The largest absolute Gasteiger partial charge is 0.375 e. The number of ether oxygens (including phenoxy) is 1. The Balaban J connectivity index is 1.61. The molecule has 0 unspecified atom stereocenters. The van der Waals surface area contributed by atoms with Crippen LogP contribution in [0.3, 0.4) is 0 Å². The maximum Gasteiger partial charge on any atom is 0.257 e. The number of carbonyl (C=O) groups is 2. The summed E-state index contributed by atoms with van der Waals surface area (Å²) in [5, 5.41) is 9.52. The van der Waals surface area contributed by atoms with Gasteiger partial charge in [-0.05, 0) is 48.0 Å². The van der Waals surface area contributed by atoms with Gasteiger partial charge in [-0.3, -0.25) is 9.59 Å². The second-order valence-electron chi connectivity index (χ2n) is 7.84. The van der Waals surface area contributed by atoms with Gasteiger partial charge in [-0.25, -0.2) is 14.4 Å². The van der Waals surface area contributed by atoms with Crippen LogP contribution >= 0.6 is 11.6 Å². The summed E-state index contributed by atoms with van der Waals surface area (Å²) in [5.74, 6) is -0.382. The van der Waals surface area contributed by atoms with Crippen LogP contribution in [-0.2, 0) is 16.1 Å². The number of amides is 2. The molecule has 1 heterocycles. The number of fused-ring (bicyclic) bond motifs is 1. The molecular weight excluding hydrogens is 485 g/mol. The van der Waals surface area contributed by atoms with Crippen LogP contribution in [0.25, 0.3) is 22.3 Å². The molecule has 3 aromatic carbocycles. The molecule has 184 valence electrons. The van der Waals surface area contributed by atoms with Gasteiger partial charge in [0.25, 0.3) is 5.91 Å². The third kappa shape index (κ3) is 5.59. The molecule has 0 bridgehead atoms. The molecule has 3 N–H and O–H groups in total. The highest BCUT2D eigenvalue weighted by atomic mass is 35.5. The van der Waals surface area contributed by atoms with Gasteiger partial charge in [-0.15, -0.1) is 0 Å². The monoisotopic (exact) mass is 507 g/mol. The molecule has 0 aliphatic carbocycles. The number of hydrogen-bond acceptors (Lipinski definition) is 6. The predicted octanol–water partition coefficient (Wildman–Crippen LogP) is 4.65. The third-order valence-electron chi connectivity index (χ3n) is 5.35. The number of aromatic nitrogens is 2. The van der Waals surface area contributed by atoms with E-state index in [-0.39, 0.29) is 41.0 Å². The van der Waals surface area contributed by atoms with E-state index in [0.717, 1.165) is 0 Å². The van der Waals surface area contributed by atoms with Gasteiger partial charge in [0.15, 0.2) is 5.82 Å². The molecular formula is C26H23ClFN5O3. The maximum atomic E-state index is 14.4. The van der Waals surface area contributed by atoms with E-state index in [1.54, 1.807) is 61.6 Å². The number of methoxy groups -OCH3 is 1. The van der Waals surface area contributed by atoms with Gasteiger partial charge in [0.1, 0.15) is 18.2 Å². The summed E-state index contributed by atoms with van der Waals surface area (Å²) in [6.07, 6.45) is 0. The van der Waals surface area contributed by atoms with Crippen molar-refractivity contribution in [3.8, 4) is 11.4 Å². The Morgan fingerprint density at radius 2 is 1.86 bits per heavy atom. The van der Waals surface area contributed by atoms with Gasteiger partial charge in [-0.2, -0.15) is 0 Å². The molecule has 0 saturated heterocycles. The zero-order valence-corrected chi connectivity index (χ0v) is 20.3. The fourth-order valence-corrected chi connectivity index (χ4v) is 3.80. The van der Waals surface area contributed by atoms with E-state index < -0.39 is 11.7 Å². The van der Waals surface area contributed by atoms with E-state index in [2.05, 4.69) is 25.9 Å². The highest BCUT2D eigenvalue weighted by Crippen LogP contribution is 2.28. The van der Waals surface area contributed by atoms with Crippen molar-refractivity contribution in [2.75, 3.05) is 31.4 Å². The lowest BCUT2D eigenvalue weighted by Gasteiger charge is -2.12. The van der Waals surface area contributed by atoms with Crippen molar-refractivity contribution >= 4 is 45.8 Å². The highest BCUT2D eigenvalue weighted by Gasteiger charge is 2.15. The van der Waals surface area contributed by atoms with Crippen molar-refractivity contribution in [2.45, 2.75) is 6.54 Å². The smallest absolute Gasteiger partial charge is 0.257 e. The van der Waals surface area contributed by atoms with Crippen LogP contribution in [0.2, 0.25) is 5.02 Å². The first-order valence-corrected chi connectivity index (χ1v) is 11.4. The quantitative estimate of drug-likeness (QED) is 0.321. The van der Waals surface area contributed by atoms with Gasteiger partial charge < -0.3 is 20.7 Å². The first-order chi connectivity index (χ1) is 17.4. The predicted molar refractivity (Wildman–Crippen MR) is 138 cm³/mol. The summed E-state index contributed by atoms with van der Waals surface area (Å²) < 4.78 is 19.2. The Kier molecular flexibility index (Phi) is 7.72. The molecule has 0 aliphatic rings. The van der Waals surface area contributed by atoms with Gasteiger partial charge in [0.05, 0.1) is 21.7 Å². The van der Waals surface area contributed by atoms with Crippen LogP contribution in [-0.4, -0.2) is 42.5 Å². The molecule has 8 nitrogen and oxygen atoms in total. The number of hydrogen-bond donors (Lipinski definition) is 3. The van der Waals surface area contributed by atoms with Crippen molar-refractivity contribution in [3.63, 3.8) is 0 Å². The minimum Gasteiger partial charge on any atom is -0.375 e. The molecule has 0 fully saturated rings. The summed E-state index contributed by atoms with van der Waals surface area (Å²) in [6, 6.07) is 16.4. The Morgan fingerprint density at radius 3 is 2.61 bits per heavy atom. The van der Waals surface area contributed by atoms with Crippen LogP contribution in [0.15, 0.2) is 60.7 Å². The molecule has 0 radical (unpaired) electrons. The second-order valence-corrected chi connectivity index (χ2v) is 8.24. The number of rotatable bonds is 8. The normalized spacial score (nSPS) is 10.8. The summed E-state index contributed by atoms with van der Waals surface area (Å²) in [5.41, 5.74) is 2.22. The lowest BCUT2D eigenvalue weighted by molar-refractivity contribution is -0.124. The van der Waals surface area contributed by atoms with E-state index in [4.69, 9.17) is 16.3 Å². The lowest BCUT2D eigenvalue weighted by Crippen LogP contribution is -2.26. The van der Waals surface area contributed by atoms with E-state index in [0.29, 0.717) is 28.0 Å². The zero-order valence-electron chi connectivity index (χ0n) is 19.6. The molecule has 0 aliphatic heterocycles. The molecule has 36 heavy (non-hydrogen) atoms. The summed E-state index contributed by atoms with van der Waals surface area (Å²) in [4.78, 5) is 33.6. The van der Waals surface area contributed by atoms with E-state index in [9.17, 15) is 14.0 Å². The van der Waals surface area contributed by atoms with E-state index >= 15 is 0 Å². The van der Waals surface area contributed by atoms with Gasteiger partial charge in [0, 0.05) is 31.8 Å². The average Bonchev–Trinajstić information content (AvgIpc) is 2.87. The van der Waals surface area contributed by atoms with Crippen molar-refractivity contribution < 1.29 is 18.7 Å². The number of nitrogens with one attached hydrogen (secondary N) is 3. The summed E-state index contributed by atoms with van der Waals surface area (Å²) in [6.45, 7) is 0.165. The molecule has 0 saturated carbocycles. The molecule has 0 spiro atoms. The first kappa shape index (κ1) is 25.0. The lowest BCUT2D eigenvalue weighted by atomic mass is 10.1. The Labute approximate surface area is 211 Å². The second kappa shape index (κ2) is 11.1. The van der Waals surface area contributed by atoms with Crippen molar-refractivity contribution in [1.82, 2.24) is 15.3 Å². The van der Waals surface area contributed by atoms with E-state index in [1.165, 1.54) is 13.2 Å². The number of halogens is 2. The standard InChI is InChI=1S/C26H23ClFN5O3/c1-29-24-18-9-8-16(12-22(18)32-25(33-24)17-5-3-4-6-21(17)28)31-26(35)19-11-15(7-10-20(19)27)13-30-23(34)14-36-2/h3-12H,13-14H2,1-2H3,(H,30,34)(H,31,35)(H,29,32,33). The minimum atomic E-state index is -0.434. The fraction of sp³-hybridized carbons (Fsp3) is 0.154. The maximum absolute atomic E-state index is 14.4. The number of carbonyl (C=O) groups excluding carboxylic acids is 2. The van der Waals surface area contributed by atoms with Crippen LogP contribution in [0, 0.1) is 5.82 Å². The van der Waals surface area contributed by atoms with E-state index in [1.807, 2.05) is 0 Å². The zero-order chi connectivity index (χ0) is 25.7. The van der Waals surface area contributed by atoms with Crippen LogP contribution in [0.4, 0.5) is 15.9 Å². The number of nitrogens with zero attached hydrogens (tertiary/aromatic N) is 2. The summed E-state index contributed by atoms with van der Waals surface area (Å²) >= 11 is 6.28. The van der Waals surface area contributed by atoms with Crippen LogP contribution < -0.4 is 16.0 Å². The van der Waals surface area contributed by atoms with Crippen molar-refractivity contribution in [1.29, 1.82) is 0 Å². The number of benzene rings is 3. The van der Waals surface area contributed by atoms with Gasteiger partial charge >= 0.3 is 0 Å². The minimum absolute atomic E-state index is 0.0552.